The zero-order valence-electron chi connectivity index (χ0n) is 11.3. The van der Waals surface area contributed by atoms with Crippen LogP contribution in [0.1, 0.15) is 37.0 Å². The van der Waals surface area contributed by atoms with Crippen molar-refractivity contribution in [1.82, 2.24) is 5.32 Å². The minimum absolute atomic E-state index is 0.143. The average Bonchev–Trinajstić information content (AvgIpc) is 2.34. The van der Waals surface area contributed by atoms with E-state index in [1.165, 1.54) is 7.11 Å². The number of nitrogens with two attached hydrogens (primary N) is 1. The third-order valence-corrected chi connectivity index (χ3v) is 2.77. The number of hydrogen-bond acceptors (Lipinski definition) is 3. The van der Waals surface area contributed by atoms with Crippen molar-refractivity contribution >= 4 is 11.6 Å². The minimum Gasteiger partial charge on any atom is -0.495 e. The zero-order chi connectivity index (χ0) is 13.5. The van der Waals surface area contributed by atoms with Gasteiger partial charge in [0.05, 0.1) is 18.4 Å². The van der Waals surface area contributed by atoms with Gasteiger partial charge in [0, 0.05) is 6.54 Å². The number of methoxy groups -OCH3 is 1. The Hall–Kier alpha value is -1.71. The van der Waals surface area contributed by atoms with Gasteiger partial charge >= 0.3 is 0 Å². The third-order valence-electron chi connectivity index (χ3n) is 2.77. The van der Waals surface area contributed by atoms with E-state index in [2.05, 4.69) is 19.2 Å². The maximum atomic E-state index is 11.9. The van der Waals surface area contributed by atoms with E-state index < -0.39 is 0 Å². The van der Waals surface area contributed by atoms with Gasteiger partial charge in [0.1, 0.15) is 5.75 Å². The van der Waals surface area contributed by atoms with Gasteiger partial charge in [-0.3, -0.25) is 4.79 Å². The largest absolute Gasteiger partial charge is 0.495 e. The highest BCUT2D eigenvalue weighted by atomic mass is 16.5. The lowest BCUT2D eigenvalue weighted by molar-refractivity contribution is 0.0953. The number of anilines is 1. The lowest BCUT2D eigenvalue weighted by atomic mass is 10.1. The molecule has 0 bridgehead atoms. The summed E-state index contributed by atoms with van der Waals surface area (Å²) in [6.07, 6.45) is 2.08. The van der Waals surface area contributed by atoms with Crippen LogP contribution in [-0.4, -0.2) is 19.6 Å². The molecular formula is C14H22N2O2. The van der Waals surface area contributed by atoms with Gasteiger partial charge in [-0.05, 0) is 30.9 Å². The van der Waals surface area contributed by atoms with Gasteiger partial charge in [-0.15, -0.1) is 0 Å². The fourth-order valence-corrected chi connectivity index (χ4v) is 1.73. The lowest BCUT2D eigenvalue weighted by Crippen LogP contribution is -2.25. The number of carbonyl (C=O) groups is 1. The quantitative estimate of drug-likeness (QED) is 0.602. The molecule has 0 heterocycles. The van der Waals surface area contributed by atoms with Gasteiger partial charge in [-0.1, -0.05) is 19.9 Å². The van der Waals surface area contributed by atoms with Crippen molar-refractivity contribution in [3.05, 3.63) is 23.8 Å². The number of nitrogen functional groups attached to an aromatic ring is 1. The van der Waals surface area contributed by atoms with Gasteiger partial charge in [-0.2, -0.15) is 0 Å². The van der Waals surface area contributed by atoms with E-state index >= 15 is 0 Å². The summed E-state index contributed by atoms with van der Waals surface area (Å²) in [5.41, 5.74) is 6.72. The molecule has 0 radical (unpaired) electrons. The highest BCUT2D eigenvalue weighted by molar-refractivity contribution is 6.00. The van der Waals surface area contributed by atoms with Crippen LogP contribution in [-0.2, 0) is 0 Å². The fourth-order valence-electron chi connectivity index (χ4n) is 1.73. The van der Waals surface area contributed by atoms with Gasteiger partial charge in [0.2, 0.25) is 0 Å². The van der Waals surface area contributed by atoms with Crippen molar-refractivity contribution in [3.8, 4) is 5.75 Å². The summed E-state index contributed by atoms with van der Waals surface area (Å²) in [7, 11) is 1.54. The first-order valence-electron chi connectivity index (χ1n) is 6.27. The number of rotatable bonds is 6. The standard InChI is InChI=1S/C14H22N2O2/c1-10(2)6-5-9-16-14(17)11-7-4-8-12(18-3)13(11)15/h4,7-8,10H,5-6,9,15H2,1-3H3,(H,16,17). The van der Waals surface area contributed by atoms with Gasteiger partial charge in [-0.25, -0.2) is 0 Å². The third kappa shape index (κ3) is 3.95. The number of hydrogen-bond donors (Lipinski definition) is 2. The van der Waals surface area contributed by atoms with Crippen molar-refractivity contribution < 1.29 is 9.53 Å². The maximum absolute atomic E-state index is 11.9. The van der Waals surface area contributed by atoms with Crippen molar-refractivity contribution in [2.75, 3.05) is 19.4 Å². The van der Waals surface area contributed by atoms with Crippen LogP contribution in [0.15, 0.2) is 18.2 Å². The summed E-state index contributed by atoms with van der Waals surface area (Å²) in [5.74, 6) is 1.05. The molecule has 0 saturated heterocycles. The molecule has 0 fully saturated rings. The molecule has 1 aromatic rings. The van der Waals surface area contributed by atoms with Crippen LogP contribution in [0.4, 0.5) is 5.69 Å². The molecule has 18 heavy (non-hydrogen) atoms. The second-order valence-corrected chi connectivity index (χ2v) is 4.71. The van der Waals surface area contributed by atoms with E-state index in [4.69, 9.17) is 10.5 Å². The Bertz CT molecular complexity index is 403. The van der Waals surface area contributed by atoms with E-state index in [1.807, 2.05) is 0 Å². The second-order valence-electron chi connectivity index (χ2n) is 4.71. The summed E-state index contributed by atoms with van der Waals surface area (Å²) in [6, 6.07) is 5.21. The first-order valence-corrected chi connectivity index (χ1v) is 6.27. The predicted molar refractivity (Wildman–Crippen MR) is 73.8 cm³/mol. The number of amides is 1. The van der Waals surface area contributed by atoms with E-state index in [-0.39, 0.29) is 5.91 Å². The Balaban J connectivity index is 2.56. The molecule has 1 aromatic carbocycles. The van der Waals surface area contributed by atoms with Crippen LogP contribution in [0.3, 0.4) is 0 Å². The Kier molecular flexibility index (Phi) is 5.49. The maximum Gasteiger partial charge on any atom is 0.253 e. The first kappa shape index (κ1) is 14.4. The number of benzene rings is 1. The van der Waals surface area contributed by atoms with Gasteiger partial charge in [0.15, 0.2) is 0 Å². The van der Waals surface area contributed by atoms with Crippen molar-refractivity contribution in [1.29, 1.82) is 0 Å². The minimum atomic E-state index is -0.143. The SMILES string of the molecule is COc1cccc(C(=O)NCCCC(C)C)c1N. The average molecular weight is 250 g/mol. The number of ether oxygens (including phenoxy) is 1. The van der Waals surface area contributed by atoms with E-state index in [1.54, 1.807) is 18.2 Å². The second kappa shape index (κ2) is 6.89. The molecule has 4 heteroatoms. The summed E-state index contributed by atoms with van der Waals surface area (Å²) in [4.78, 5) is 11.9. The molecule has 0 aliphatic rings. The van der Waals surface area contributed by atoms with Gasteiger partial charge in [0.25, 0.3) is 5.91 Å². The molecule has 0 aliphatic heterocycles. The normalized spacial score (nSPS) is 10.4. The first-order chi connectivity index (χ1) is 8.56. The van der Waals surface area contributed by atoms with Gasteiger partial charge < -0.3 is 15.8 Å². The molecule has 100 valence electrons. The Morgan fingerprint density at radius 2 is 2.17 bits per heavy atom. The molecule has 0 spiro atoms. The van der Waals surface area contributed by atoms with Crippen LogP contribution in [0.2, 0.25) is 0 Å². The topological polar surface area (TPSA) is 64.3 Å². The smallest absolute Gasteiger partial charge is 0.253 e. The van der Waals surface area contributed by atoms with Crippen LogP contribution in [0.25, 0.3) is 0 Å². The molecule has 0 saturated carbocycles. The van der Waals surface area contributed by atoms with Crippen molar-refractivity contribution in [2.45, 2.75) is 26.7 Å². The highest BCUT2D eigenvalue weighted by Crippen LogP contribution is 2.24. The monoisotopic (exact) mass is 250 g/mol. The number of nitrogens with one attached hydrogen (secondary N) is 1. The molecule has 0 aromatic heterocycles. The van der Waals surface area contributed by atoms with Crippen LogP contribution < -0.4 is 15.8 Å². The summed E-state index contributed by atoms with van der Waals surface area (Å²) >= 11 is 0. The highest BCUT2D eigenvalue weighted by Gasteiger charge is 2.12. The summed E-state index contributed by atoms with van der Waals surface area (Å²) < 4.78 is 5.09. The van der Waals surface area contributed by atoms with Crippen LogP contribution in [0, 0.1) is 5.92 Å². The molecule has 1 rings (SSSR count). The van der Waals surface area contributed by atoms with Crippen molar-refractivity contribution in [2.24, 2.45) is 5.92 Å². The van der Waals surface area contributed by atoms with E-state index in [0.29, 0.717) is 29.5 Å². The predicted octanol–water partition coefficient (Wildman–Crippen LogP) is 2.44. The fraction of sp³-hybridized carbons (Fsp3) is 0.500. The summed E-state index contributed by atoms with van der Waals surface area (Å²) in [6.45, 7) is 5.01. The Labute approximate surface area is 109 Å². The molecule has 0 unspecified atom stereocenters. The van der Waals surface area contributed by atoms with Crippen molar-refractivity contribution in [3.63, 3.8) is 0 Å². The summed E-state index contributed by atoms with van der Waals surface area (Å²) in [5, 5.41) is 2.87. The molecule has 4 nitrogen and oxygen atoms in total. The molecular weight excluding hydrogens is 228 g/mol. The lowest BCUT2D eigenvalue weighted by Gasteiger charge is -2.10. The Morgan fingerprint density at radius 1 is 1.44 bits per heavy atom. The molecule has 3 N–H and O–H groups in total. The van der Waals surface area contributed by atoms with E-state index in [0.717, 1.165) is 12.8 Å². The molecule has 0 aliphatic carbocycles. The Morgan fingerprint density at radius 3 is 2.78 bits per heavy atom. The number of para-hydroxylation sites is 1. The number of carbonyl (C=O) groups excluding carboxylic acids is 1. The molecule has 1 amide bonds. The van der Waals surface area contributed by atoms with Crippen LogP contribution in [0.5, 0.6) is 5.75 Å². The van der Waals surface area contributed by atoms with Crippen LogP contribution >= 0.6 is 0 Å². The zero-order valence-corrected chi connectivity index (χ0v) is 11.3. The van der Waals surface area contributed by atoms with E-state index in [9.17, 15) is 4.79 Å². The molecule has 0 atom stereocenters.